The van der Waals surface area contributed by atoms with Gasteiger partial charge >= 0.3 is 0 Å². The Morgan fingerprint density at radius 2 is 2.10 bits per heavy atom. The lowest BCUT2D eigenvalue weighted by Gasteiger charge is -2.37. The monoisotopic (exact) mass is 290 g/mol. The maximum absolute atomic E-state index is 12.4. The maximum atomic E-state index is 12.4. The minimum atomic E-state index is -0.454. The van der Waals surface area contributed by atoms with Crippen LogP contribution >= 0.6 is 0 Å². The molecule has 1 aromatic heterocycles. The lowest BCUT2D eigenvalue weighted by atomic mass is 9.96. The Kier molecular flexibility index (Phi) is 4.02. The molecule has 21 heavy (non-hydrogen) atoms. The van der Waals surface area contributed by atoms with Gasteiger partial charge in [-0.15, -0.1) is 0 Å². The van der Waals surface area contributed by atoms with Gasteiger partial charge in [0.1, 0.15) is 0 Å². The normalized spacial score (nSPS) is 23.5. The summed E-state index contributed by atoms with van der Waals surface area (Å²) >= 11 is 0. The molecular weight excluding hydrogens is 264 g/mol. The molecule has 2 aliphatic rings. The topological polar surface area (TPSA) is 50.2 Å². The Hall–Kier alpha value is -1.36. The van der Waals surface area contributed by atoms with Crippen LogP contribution in [0.25, 0.3) is 0 Å². The first-order valence-electron chi connectivity index (χ1n) is 8.15. The molecule has 1 saturated carbocycles. The molecule has 1 amide bonds. The predicted octanol–water partition coefficient (Wildman–Crippen LogP) is 2.10. The van der Waals surface area contributed by atoms with E-state index < -0.39 is 5.54 Å². The minimum absolute atomic E-state index is 0.168. The van der Waals surface area contributed by atoms with E-state index in [0.717, 1.165) is 18.8 Å². The van der Waals surface area contributed by atoms with E-state index in [1.165, 1.54) is 32.1 Å². The van der Waals surface area contributed by atoms with Crippen molar-refractivity contribution in [3.05, 3.63) is 18.0 Å². The highest BCUT2D eigenvalue weighted by Crippen LogP contribution is 2.27. The third-order valence-corrected chi connectivity index (χ3v) is 4.74. The smallest absolute Gasteiger partial charge is 0.242 e. The van der Waals surface area contributed by atoms with Crippen molar-refractivity contribution < 1.29 is 4.79 Å². The molecule has 1 saturated heterocycles. The van der Waals surface area contributed by atoms with E-state index in [9.17, 15) is 4.79 Å². The van der Waals surface area contributed by atoms with Crippen LogP contribution in [0, 0.1) is 0 Å². The SMILES string of the molecule is CC1(C)NCCN(Cc2ccn(C3CCCCC3)n2)C1=O. The van der Waals surface area contributed by atoms with E-state index in [0.29, 0.717) is 12.6 Å². The molecule has 3 rings (SSSR count). The molecule has 116 valence electrons. The molecule has 2 heterocycles. The number of hydrogen-bond donors (Lipinski definition) is 1. The number of nitrogens with one attached hydrogen (secondary N) is 1. The number of amides is 1. The highest BCUT2D eigenvalue weighted by Gasteiger charge is 2.35. The molecule has 0 spiro atoms. The summed E-state index contributed by atoms with van der Waals surface area (Å²) in [4.78, 5) is 14.3. The fourth-order valence-corrected chi connectivity index (χ4v) is 3.43. The molecule has 0 radical (unpaired) electrons. The number of aromatic nitrogens is 2. The second kappa shape index (κ2) is 5.79. The van der Waals surface area contributed by atoms with Gasteiger partial charge in [0.2, 0.25) is 5.91 Å². The third-order valence-electron chi connectivity index (χ3n) is 4.74. The summed E-state index contributed by atoms with van der Waals surface area (Å²) in [6.07, 6.45) is 8.54. The molecule has 1 aliphatic heterocycles. The highest BCUT2D eigenvalue weighted by molar-refractivity contribution is 5.86. The average Bonchev–Trinajstić information content (AvgIpc) is 2.93. The maximum Gasteiger partial charge on any atom is 0.242 e. The zero-order valence-corrected chi connectivity index (χ0v) is 13.1. The van der Waals surface area contributed by atoms with E-state index in [2.05, 4.69) is 22.3 Å². The van der Waals surface area contributed by atoms with Crippen molar-refractivity contribution in [1.29, 1.82) is 0 Å². The molecule has 0 unspecified atom stereocenters. The van der Waals surface area contributed by atoms with Crippen molar-refractivity contribution in [3.63, 3.8) is 0 Å². The quantitative estimate of drug-likeness (QED) is 0.927. The van der Waals surface area contributed by atoms with Gasteiger partial charge in [-0.3, -0.25) is 9.48 Å². The van der Waals surface area contributed by atoms with Gasteiger partial charge < -0.3 is 10.2 Å². The summed E-state index contributed by atoms with van der Waals surface area (Å²) in [6.45, 7) is 6.13. The molecule has 0 aromatic carbocycles. The largest absolute Gasteiger partial charge is 0.334 e. The van der Waals surface area contributed by atoms with E-state index in [-0.39, 0.29) is 5.91 Å². The minimum Gasteiger partial charge on any atom is -0.334 e. The predicted molar refractivity (Wildman–Crippen MR) is 81.8 cm³/mol. The van der Waals surface area contributed by atoms with Crippen molar-refractivity contribution in [2.75, 3.05) is 13.1 Å². The standard InChI is InChI=1S/C16H26N4O/c1-16(2)15(21)19(11-9-17-16)12-13-8-10-20(18-13)14-6-4-3-5-7-14/h8,10,14,17H,3-7,9,11-12H2,1-2H3. The molecule has 5 nitrogen and oxygen atoms in total. The van der Waals surface area contributed by atoms with Crippen molar-refractivity contribution in [1.82, 2.24) is 20.0 Å². The van der Waals surface area contributed by atoms with Gasteiger partial charge in [0.15, 0.2) is 0 Å². The van der Waals surface area contributed by atoms with Crippen LogP contribution in [-0.4, -0.2) is 39.2 Å². The summed E-state index contributed by atoms with van der Waals surface area (Å²) in [5.41, 5.74) is 0.552. The number of rotatable bonds is 3. The Labute approximate surface area is 126 Å². The summed E-state index contributed by atoms with van der Waals surface area (Å²) in [5.74, 6) is 0.168. The fourth-order valence-electron chi connectivity index (χ4n) is 3.43. The summed E-state index contributed by atoms with van der Waals surface area (Å²) in [6, 6.07) is 2.62. The van der Waals surface area contributed by atoms with Gasteiger partial charge in [0.25, 0.3) is 0 Å². The van der Waals surface area contributed by atoms with Crippen molar-refractivity contribution >= 4 is 5.91 Å². The van der Waals surface area contributed by atoms with Crippen LogP contribution in [0.2, 0.25) is 0 Å². The first kappa shape index (κ1) is 14.6. The van der Waals surface area contributed by atoms with Gasteiger partial charge in [-0.25, -0.2) is 0 Å². The lowest BCUT2D eigenvalue weighted by molar-refractivity contribution is -0.140. The van der Waals surface area contributed by atoms with Gasteiger partial charge in [-0.1, -0.05) is 19.3 Å². The third kappa shape index (κ3) is 3.12. The molecular formula is C16H26N4O. The number of piperazine rings is 1. The van der Waals surface area contributed by atoms with Crippen molar-refractivity contribution in [2.24, 2.45) is 0 Å². The van der Waals surface area contributed by atoms with Crippen LogP contribution < -0.4 is 5.32 Å². The summed E-state index contributed by atoms with van der Waals surface area (Å²) in [5, 5.41) is 7.98. The first-order valence-corrected chi connectivity index (χ1v) is 8.15. The second-order valence-electron chi connectivity index (χ2n) is 6.86. The van der Waals surface area contributed by atoms with Crippen LogP contribution in [0.3, 0.4) is 0 Å². The molecule has 1 N–H and O–H groups in total. The molecule has 5 heteroatoms. The molecule has 0 atom stereocenters. The lowest BCUT2D eigenvalue weighted by Crippen LogP contribution is -2.60. The molecule has 2 fully saturated rings. The van der Waals surface area contributed by atoms with Gasteiger partial charge in [0.05, 0.1) is 23.8 Å². The van der Waals surface area contributed by atoms with Crippen molar-refractivity contribution in [2.45, 2.75) is 64.1 Å². The number of hydrogen-bond acceptors (Lipinski definition) is 3. The van der Waals surface area contributed by atoms with E-state index in [1.807, 2.05) is 18.7 Å². The number of carbonyl (C=O) groups excluding carboxylic acids is 1. The van der Waals surface area contributed by atoms with Crippen LogP contribution in [0.15, 0.2) is 12.3 Å². The Morgan fingerprint density at radius 1 is 1.33 bits per heavy atom. The summed E-state index contributed by atoms with van der Waals surface area (Å²) < 4.78 is 2.12. The van der Waals surface area contributed by atoms with Crippen LogP contribution in [-0.2, 0) is 11.3 Å². The van der Waals surface area contributed by atoms with E-state index in [1.54, 1.807) is 0 Å². The van der Waals surface area contributed by atoms with E-state index in [4.69, 9.17) is 5.10 Å². The zero-order chi connectivity index (χ0) is 14.9. The van der Waals surface area contributed by atoms with Crippen LogP contribution in [0.1, 0.15) is 57.7 Å². The van der Waals surface area contributed by atoms with Crippen LogP contribution in [0.4, 0.5) is 0 Å². The first-order chi connectivity index (χ1) is 10.1. The molecule has 1 aliphatic carbocycles. The van der Waals surface area contributed by atoms with Gasteiger partial charge in [0, 0.05) is 19.3 Å². The Balaban J connectivity index is 1.65. The van der Waals surface area contributed by atoms with Gasteiger partial charge in [-0.2, -0.15) is 5.10 Å². The number of carbonyl (C=O) groups is 1. The molecule has 1 aromatic rings. The van der Waals surface area contributed by atoms with E-state index >= 15 is 0 Å². The van der Waals surface area contributed by atoms with Crippen molar-refractivity contribution in [3.8, 4) is 0 Å². The highest BCUT2D eigenvalue weighted by atomic mass is 16.2. The van der Waals surface area contributed by atoms with Gasteiger partial charge in [-0.05, 0) is 32.8 Å². The number of nitrogens with zero attached hydrogens (tertiary/aromatic N) is 3. The zero-order valence-electron chi connectivity index (χ0n) is 13.1. The fraction of sp³-hybridized carbons (Fsp3) is 0.750. The average molecular weight is 290 g/mol. The summed E-state index contributed by atoms with van der Waals surface area (Å²) in [7, 11) is 0. The molecule has 0 bridgehead atoms. The Bertz CT molecular complexity index is 502. The second-order valence-corrected chi connectivity index (χ2v) is 6.86. The van der Waals surface area contributed by atoms with Crippen LogP contribution in [0.5, 0.6) is 0 Å². The Morgan fingerprint density at radius 3 is 2.86 bits per heavy atom.